The van der Waals surface area contributed by atoms with E-state index in [-0.39, 0.29) is 11.7 Å². The van der Waals surface area contributed by atoms with Crippen LogP contribution in [-0.2, 0) is 0 Å². The topological polar surface area (TPSA) is 70.9 Å². The van der Waals surface area contributed by atoms with E-state index in [1.54, 1.807) is 24.3 Å². The molecule has 0 fully saturated rings. The standard InChI is InChI=1S/C22H20N2O3/c1-2-27-21-14-16(8-13-20(21)25)15-23-24-22(26)19-11-9-18(10-12-19)17-6-4-3-5-7-17/h3-15,25H,2H2,1H3,(H,24,26)/b23-15+. The van der Waals surface area contributed by atoms with Gasteiger partial charge >= 0.3 is 0 Å². The number of carbonyl (C=O) groups excluding carboxylic acids is 1. The first-order chi connectivity index (χ1) is 13.2. The molecule has 2 N–H and O–H groups in total. The third-order valence-electron chi connectivity index (χ3n) is 3.92. The number of nitrogens with zero attached hydrogens (tertiary/aromatic N) is 1. The Morgan fingerprint density at radius 2 is 1.74 bits per heavy atom. The summed E-state index contributed by atoms with van der Waals surface area (Å²) < 4.78 is 5.32. The predicted molar refractivity (Wildman–Crippen MR) is 106 cm³/mol. The van der Waals surface area contributed by atoms with Crippen molar-refractivity contribution in [2.24, 2.45) is 5.10 Å². The first-order valence-electron chi connectivity index (χ1n) is 8.62. The van der Waals surface area contributed by atoms with Crippen molar-refractivity contribution in [2.45, 2.75) is 6.92 Å². The van der Waals surface area contributed by atoms with Crippen LogP contribution in [0.25, 0.3) is 11.1 Å². The SMILES string of the molecule is CCOc1cc(/C=N/NC(=O)c2ccc(-c3ccccc3)cc2)ccc1O. The van der Waals surface area contributed by atoms with Crippen molar-refractivity contribution in [3.8, 4) is 22.6 Å². The number of aromatic hydroxyl groups is 1. The Labute approximate surface area is 157 Å². The van der Waals surface area contributed by atoms with E-state index in [0.29, 0.717) is 23.5 Å². The zero-order valence-corrected chi connectivity index (χ0v) is 14.9. The smallest absolute Gasteiger partial charge is 0.271 e. The summed E-state index contributed by atoms with van der Waals surface area (Å²) in [5, 5.41) is 13.7. The summed E-state index contributed by atoms with van der Waals surface area (Å²) in [4.78, 5) is 12.2. The molecule has 3 aromatic carbocycles. The predicted octanol–water partition coefficient (Wildman–Crippen LogP) is 4.22. The van der Waals surface area contributed by atoms with Gasteiger partial charge in [0.2, 0.25) is 0 Å². The summed E-state index contributed by atoms with van der Waals surface area (Å²) in [7, 11) is 0. The zero-order chi connectivity index (χ0) is 19.1. The summed E-state index contributed by atoms with van der Waals surface area (Å²) in [5.41, 5.74) is 5.87. The van der Waals surface area contributed by atoms with E-state index in [0.717, 1.165) is 11.1 Å². The van der Waals surface area contributed by atoms with Gasteiger partial charge in [-0.05, 0) is 53.9 Å². The molecule has 1 amide bonds. The number of hydrogen-bond acceptors (Lipinski definition) is 4. The summed E-state index contributed by atoms with van der Waals surface area (Å²) >= 11 is 0. The number of hydrazone groups is 1. The first kappa shape index (κ1) is 18.2. The molecule has 0 saturated carbocycles. The Bertz CT molecular complexity index is 936. The summed E-state index contributed by atoms with van der Waals surface area (Å²) in [5.74, 6) is 0.149. The van der Waals surface area contributed by atoms with Crippen molar-refractivity contribution in [1.29, 1.82) is 0 Å². The molecular weight excluding hydrogens is 340 g/mol. The average Bonchev–Trinajstić information content (AvgIpc) is 2.71. The molecule has 0 saturated heterocycles. The minimum absolute atomic E-state index is 0.0662. The van der Waals surface area contributed by atoms with Crippen LogP contribution in [0.1, 0.15) is 22.8 Å². The lowest BCUT2D eigenvalue weighted by Gasteiger charge is -2.06. The van der Waals surface area contributed by atoms with Gasteiger partial charge in [-0.15, -0.1) is 0 Å². The molecule has 3 aromatic rings. The van der Waals surface area contributed by atoms with E-state index in [1.807, 2.05) is 49.4 Å². The van der Waals surface area contributed by atoms with Gasteiger partial charge in [0.1, 0.15) is 0 Å². The lowest BCUT2D eigenvalue weighted by molar-refractivity contribution is 0.0955. The first-order valence-corrected chi connectivity index (χ1v) is 8.62. The van der Waals surface area contributed by atoms with Crippen molar-refractivity contribution >= 4 is 12.1 Å². The second-order valence-electron chi connectivity index (χ2n) is 5.80. The number of hydrogen-bond donors (Lipinski definition) is 2. The van der Waals surface area contributed by atoms with Gasteiger partial charge in [0.05, 0.1) is 12.8 Å². The maximum absolute atomic E-state index is 12.2. The maximum atomic E-state index is 12.2. The molecule has 0 unspecified atom stereocenters. The van der Waals surface area contributed by atoms with Gasteiger partial charge in [-0.2, -0.15) is 5.10 Å². The molecule has 0 heterocycles. The number of amides is 1. The summed E-state index contributed by atoms with van der Waals surface area (Å²) in [6.07, 6.45) is 1.50. The molecule has 0 aromatic heterocycles. The number of benzene rings is 3. The van der Waals surface area contributed by atoms with Gasteiger partial charge in [0.15, 0.2) is 11.5 Å². The molecule has 0 spiro atoms. The minimum Gasteiger partial charge on any atom is -0.504 e. The molecule has 5 nitrogen and oxygen atoms in total. The molecule has 136 valence electrons. The van der Waals surface area contributed by atoms with Crippen LogP contribution in [0, 0.1) is 0 Å². The number of phenolic OH excluding ortho intramolecular Hbond substituents is 1. The fourth-order valence-corrected chi connectivity index (χ4v) is 2.56. The number of ether oxygens (including phenoxy) is 1. The van der Waals surface area contributed by atoms with Crippen LogP contribution < -0.4 is 10.2 Å². The summed E-state index contributed by atoms with van der Waals surface area (Å²) in [6.45, 7) is 2.29. The van der Waals surface area contributed by atoms with Gasteiger partial charge < -0.3 is 9.84 Å². The lowest BCUT2D eigenvalue weighted by atomic mass is 10.0. The molecule has 27 heavy (non-hydrogen) atoms. The monoisotopic (exact) mass is 360 g/mol. The molecule has 0 aliphatic carbocycles. The van der Waals surface area contributed by atoms with E-state index in [2.05, 4.69) is 10.5 Å². The Balaban J connectivity index is 1.64. The van der Waals surface area contributed by atoms with Crippen LogP contribution in [-0.4, -0.2) is 23.8 Å². The van der Waals surface area contributed by atoms with Crippen LogP contribution >= 0.6 is 0 Å². The van der Waals surface area contributed by atoms with Gasteiger partial charge in [0.25, 0.3) is 5.91 Å². The number of rotatable bonds is 6. The van der Waals surface area contributed by atoms with E-state index in [1.165, 1.54) is 12.3 Å². The van der Waals surface area contributed by atoms with Crippen LogP contribution in [0.5, 0.6) is 11.5 Å². The van der Waals surface area contributed by atoms with Gasteiger partial charge in [-0.3, -0.25) is 4.79 Å². The normalized spacial score (nSPS) is 10.7. The average molecular weight is 360 g/mol. The molecule has 3 rings (SSSR count). The van der Waals surface area contributed by atoms with Crippen LogP contribution in [0.3, 0.4) is 0 Å². The second-order valence-corrected chi connectivity index (χ2v) is 5.80. The number of phenols is 1. The highest BCUT2D eigenvalue weighted by atomic mass is 16.5. The maximum Gasteiger partial charge on any atom is 0.271 e. The van der Waals surface area contributed by atoms with Crippen molar-refractivity contribution < 1.29 is 14.6 Å². The third-order valence-corrected chi connectivity index (χ3v) is 3.92. The van der Waals surface area contributed by atoms with Crippen molar-refractivity contribution in [3.63, 3.8) is 0 Å². The number of nitrogens with one attached hydrogen (secondary N) is 1. The number of carbonyl (C=O) groups is 1. The molecule has 0 bridgehead atoms. The Morgan fingerprint density at radius 3 is 2.44 bits per heavy atom. The van der Waals surface area contributed by atoms with Crippen molar-refractivity contribution in [2.75, 3.05) is 6.61 Å². The molecular formula is C22H20N2O3. The molecule has 0 atom stereocenters. The van der Waals surface area contributed by atoms with Crippen molar-refractivity contribution in [1.82, 2.24) is 5.43 Å². The molecule has 5 heteroatoms. The fourth-order valence-electron chi connectivity index (χ4n) is 2.56. The quantitative estimate of drug-likeness (QED) is 0.511. The zero-order valence-electron chi connectivity index (χ0n) is 14.9. The van der Waals surface area contributed by atoms with Crippen LogP contribution in [0.2, 0.25) is 0 Å². The van der Waals surface area contributed by atoms with Crippen LogP contribution in [0.15, 0.2) is 77.9 Å². The highest BCUT2D eigenvalue weighted by Gasteiger charge is 2.05. The highest BCUT2D eigenvalue weighted by molar-refractivity contribution is 5.95. The molecule has 0 radical (unpaired) electrons. The van der Waals surface area contributed by atoms with E-state index in [9.17, 15) is 9.90 Å². The lowest BCUT2D eigenvalue weighted by Crippen LogP contribution is -2.17. The second kappa shape index (κ2) is 8.67. The summed E-state index contributed by atoms with van der Waals surface area (Å²) in [6, 6.07) is 22.2. The van der Waals surface area contributed by atoms with Gasteiger partial charge in [-0.1, -0.05) is 42.5 Å². The van der Waals surface area contributed by atoms with Gasteiger partial charge in [0, 0.05) is 5.56 Å². The Morgan fingerprint density at radius 1 is 1.04 bits per heavy atom. The van der Waals surface area contributed by atoms with E-state index >= 15 is 0 Å². The van der Waals surface area contributed by atoms with E-state index < -0.39 is 0 Å². The van der Waals surface area contributed by atoms with Gasteiger partial charge in [-0.25, -0.2) is 5.43 Å². The van der Waals surface area contributed by atoms with Crippen molar-refractivity contribution in [3.05, 3.63) is 83.9 Å². The highest BCUT2D eigenvalue weighted by Crippen LogP contribution is 2.26. The minimum atomic E-state index is -0.297. The molecule has 0 aliphatic heterocycles. The van der Waals surface area contributed by atoms with E-state index in [4.69, 9.17) is 4.74 Å². The third kappa shape index (κ3) is 4.73. The van der Waals surface area contributed by atoms with Crippen LogP contribution in [0.4, 0.5) is 0 Å². The largest absolute Gasteiger partial charge is 0.504 e. The Kier molecular flexibility index (Phi) is 5.84. The fraction of sp³-hybridized carbons (Fsp3) is 0.0909. The molecule has 0 aliphatic rings. The Hall–Kier alpha value is -3.60.